The van der Waals surface area contributed by atoms with Crippen LogP contribution in [0.15, 0.2) is 18.2 Å². The highest BCUT2D eigenvalue weighted by atomic mass is 32.2. The molecule has 3 rings (SSSR count). The fourth-order valence-corrected chi connectivity index (χ4v) is 3.52. The van der Waals surface area contributed by atoms with Gasteiger partial charge in [0.1, 0.15) is 6.04 Å². The molecule has 1 fully saturated rings. The molecule has 0 radical (unpaired) electrons. The van der Waals surface area contributed by atoms with E-state index >= 15 is 0 Å². The number of fused-ring (bicyclic) bond motifs is 1. The van der Waals surface area contributed by atoms with Crippen LogP contribution in [0.3, 0.4) is 0 Å². The zero-order valence-electron chi connectivity index (χ0n) is 13.0. The number of carbonyl (C=O) groups excluding carboxylic acids is 3. The Morgan fingerprint density at radius 2 is 2.04 bits per heavy atom. The summed E-state index contributed by atoms with van der Waals surface area (Å²) >= 11 is 0. The summed E-state index contributed by atoms with van der Waals surface area (Å²) in [6, 6.07) is 4.00. The van der Waals surface area contributed by atoms with Gasteiger partial charge in [-0.05, 0) is 37.1 Å². The van der Waals surface area contributed by atoms with Crippen molar-refractivity contribution in [3.63, 3.8) is 0 Å². The van der Waals surface area contributed by atoms with Gasteiger partial charge in [-0.1, -0.05) is 0 Å². The quantitative estimate of drug-likeness (QED) is 0.753. The molecular weight excluding hydrogens is 334 g/mol. The van der Waals surface area contributed by atoms with Gasteiger partial charge >= 0.3 is 0 Å². The Labute approximate surface area is 139 Å². The molecule has 0 aromatic heterocycles. The number of benzene rings is 1. The van der Waals surface area contributed by atoms with Crippen molar-refractivity contribution in [3.8, 4) is 0 Å². The number of nitrogens with zero attached hydrogens (tertiary/aromatic N) is 1. The Balaban J connectivity index is 1.82. The van der Waals surface area contributed by atoms with Crippen molar-refractivity contribution in [3.05, 3.63) is 29.3 Å². The second-order valence-electron chi connectivity index (χ2n) is 5.78. The number of hydrogen-bond acceptors (Lipinski definition) is 5. The first-order valence-corrected chi connectivity index (χ1v) is 9.24. The van der Waals surface area contributed by atoms with E-state index in [1.54, 1.807) is 12.1 Å². The smallest absolute Gasteiger partial charge is 0.255 e. The van der Waals surface area contributed by atoms with Gasteiger partial charge in [0, 0.05) is 24.2 Å². The fraction of sp³-hybridized carbons (Fsp3) is 0.400. The average Bonchev–Trinajstić information content (AvgIpc) is 2.83. The van der Waals surface area contributed by atoms with E-state index < -0.39 is 22.0 Å². The van der Waals surface area contributed by atoms with E-state index in [1.165, 1.54) is 17.9 Å². The standard InChI is InChI=1S/C15H17N3O5S/c1-2-24(22,23)17-10-3-4-11-9(7-10)8-18(15(11)21)12-5-6-13(19)16-14(12)20/h3-4,7,12,17H,2,5-6,8H2,1H3,(H,16,19,20). The van der Waals surface area contributed by atoms with E-state index in [0.29, 0.717) is 23.2 Å². The van der Waals surface area contributed by atoms with Crippen LogP contribution in [0.2, 0.25) is 0 Å². The largest absolute Gasteiger partial charge is 0.322 e. The van der Waals surface area contributed by atoms with Gasteiger partial charge in [0.05, 0.1) is 5.75 Å². The molecule has 0 saturated carbocycles. The molecule has 0 aliphatic carbocycles. The molecule has 1 saturated heterocycles. The third-order valence-corrected chi connectivity index (χ3v) is 5.48. The molecule has 9 heteroatoms. The van der Waals surface area contributed by atoms with E-state index in [0.717, 1.165) is 0 Å². The maximum atomic E-state index is 12.5. The second kappa shape index (κ2) is 5.90. The normalized spacial score (nSPS) is 20.8. The number of imide groups is 1. The van der Waals surface area contributed by atoms with Crippen LogP contribution in [0.4, 0.5) is 5.69 Å². The van der Waals surface area contributed by atoms with E-state index in [9.17, 15) is 22.8 Å². The summed E-state index contributed by atoms with van der Waals surface area (Å²) in [6.07, 6.45) is 0.484. The summed E-state index contributed by atoms with van der Waals surface area (Å²) in [5.74, 6) is -1.15. The van der Waals surface area contributed by atoms with Crippen molar-refractivity contribution in [1.29, 1.82) is 0 Å². The lowest BCUT2D eigenvalue weighted by molar-refractivity contribution is -0.136. The van der Waals surface area contributed by atoms with Crippen LogP contribution >= 0.6 is 0 Å². The van der Waals surface area contributed by atoms with Crippen LogP contribution < -0.4 is 10.0 Å². The van der Waals surface area contributed by atoms with Gasteiger partial charge in [0.2, 0.25) is 21.8 Å². The molecule has 128 valence electrons. The van der Waals surface area contributed by atoms with Gasteiger partial charge in [-0.3, -0.25) is 24.4 Å². The molecule has 2 heterocycles. The van der Waals surface area contributed by atoms with Crippen molar-refractivity contribution >= 4 is 33.4 Å². The minimum Gasteiger partial charge on any atom is -0.322 e. The van der Waals surface area contributed by atoms with Crippen LogP contribution in [-0.4, -0.2) is 42.8 Å². The molecule has 2 aliphatic rings. The summed E-state index contributed by atoms with van der Waals surface area (Å²) in [5, 5.41) is 2.24. The number of carbonyl (C=O) groups is 3. The highest BCUT2D eigenvalue weighted by Crippen LogP contribution is 2.29. The number of piperidine rings is 1. The zero-order valence-corrected chi connectivity index (χ0v) is 13.9. The third-order valence-electron chi connectivity index (χ3n) is 4.18. The summed E-state index contributed by atoms with van der Waals surface area (Å²) in [6.45, 7) is 1.74. The molecule has 1 atom stereocenters. The molecule has 1 unspecified atom stereocenters. The molecule has 1 aromatic rings. The first-order chi connectivity index (χ1) is 11.3. The first-order valence-electron chi connectivity index (χ1n) is 7.59. The molecule has 0 spiro atoms. The fourth-order valence-electron chi connectivity index (χ4n) is 2.89. The molecule has 2 aliphatic heterocycles. The monoisotopic (exact) mass is 351 g/mol. The van der Waals surface area contributed by atoms with Crippen molar-refractivity contribution in [2.45, 2.75) is 32.4 Å². The van der Waals surface area contributed by atoms with Gasteiger partial charge in [-0.25, -0.2) is 8.42 Å². The molecule has 0 bridgehead atoms. The minimum absolute atomic E-state index is 0.0502. The first kappa shape index (κ1) is 16.4. The van der Waals surface area contributed by atoms with Crippen LogP contribution in [0.5, 0.6) is 0 Å². The summed E-state index contributed by atoms with van der Waals surface area (Å²) in [4.78, 5) is 37.1. The van der Waals surface area contributed by atoms with Crippen molar-refractivity contribution in [2.75, 3.05) is 10.5 Å². The van der Waals surface area contributed by atoms with Crippen LogP contribution in [0, 0.1) is 0 Å². The number of anilines is 1. The summed E-state index contributed by atoms with van der Waals surface area (Å²) in [7, 11) is -3.40. The van der Waals surface area contributed by atoms with Gasteiger partial charge in [0.15, 0.2) is 0 Å². The van der Waals surface area contributed by atoms with E-state index in [1.807, 2.05) is 0 Å². The van der Waals surface area contributed by atoms with Crippen LogP contribution in [0.25, 0.3) is 0 Å². The molecule has 1 aromatic carbocycles. The van der Waals surface area contributed by atoms with E-state index in [4.69, 9.17) is 0 Å². The number of amides is 3. The maximum Gasteiger partial charge on any atom is 0.255 e. The predicted molar refractivity (Wildman–Crippen MR) is 85.6 cm³/mol. The number of hydrogen-bond donors (Lipinski definition) is 2. The van der Waals surface area contributed by atoms with Crippen molar-refractivity contribution < 1.29 is 22.8 Å². The Morgan fingerprint density at radius 3 is 2.71 bits per heavy atom. The number of sulfonamides is 1. The Bertz CT molecular complexity index is 834. The number of rotatable bonds is 4. The van der Waals surface area contributed by atoms with Gasteiger partial charge in [0.25, 0.3) is 5.91 Å². The second-order valence-corrected chi connectivity index (χ2v) is 7.79. The highest BCUT2D eigenvalue weighted by Gasteiger charge is 2.39. The van der Waals surface area contributed by atoms with Crippen molar-refractivity contribution in [1.82, 2.24) is 10.2 Å². The SMILES string of the molecule is CCS(=O)(=O)Nc1ccc2c(c1)CN(C1CCC(=O)NC1=O)C2=O. The van der Waals surface area contributed by atoms with E-state index in [2.05, 4.69) is 10.0 Å². The summed E-state index contributed by atoms with van der Waals surface area (Å²) in [5.41, 5.74) is 1.48. The molecule has 2 N–H and O–H groups in total. The molecule has 8 nitrogen and oxygen atoms in total. The average molecular weight is 351 g/mol. The lowest BCUT2D eigenvalue weighted by Gasteiger charge is -2.29. The lowest BCUT2D eigenvalue weighted by atomic mass is 10.0. The molecule has 3 amide bonds. The zero-order chi connectivity index (χ0) is 17.5. The Kier molecular flexibility index (Phi) is 4.04. The van der Waals surface area contributed by atoms with Crippen LogP contribution in [-0.2, 0) is 26.2 Å². The minimum atomic E-state index is -3.40. The lowest BCUT2D eigenvalue weighted by Crippen LogP contribution is -2.52. The third kappa shape index (κ3) is 2.99. The Morgan fingerprint density at radius 1 is 1.29 bits per heavy atom. The van der Waals surface area contributed by atoms with Gasteiger partial charge < -0.3 is 4.90 Å². The maximum absolute atomic E-state index is 12.5. The highest BCUT2D eigenvalue weighted by molar-refractivity contribution is 7.92. The van der Waals surface area contributed by atoms with Crippen molar-refractivity contribution in [2.24, 2.45) is 0 Å². The van der Waals surface area contributed by atoms with Gasteiger partial charge in [-0.2, -0.15) is 0 Å². The van der Waals surface area contributed by atoms with E-state index in [-0.39, 0.29) is 30.5 Å². The topological polar surface area (TPSA) is 113 Å². The van der Waals surface area contributed by atoms with Crippen LogP contribution in [0.1, 0.15) is 35.7 Å². The number of nitrogens with one attached hydrogen (secondary N) is 2. The van der Waals surface area contributed by atoms with Gasteiger partial charge in [-0.15, -0.1) is 0 Å². The Hall–Kier alpha value is -2.42. The molecule has 24 heavy (non-hydrogen) atoms. The summed E-state index contributed by atoms with van der Waals surface area (Å²) < 4.78 is 25.7. The predicted octanol–water partition coefficient (Wildman–Crippen LogP) is 0.209. The molecular formula is C15H17N3O5S.